The largest absolute Gasteiger partial charge is 0.465 e. The smallest absolute Gasteiger partial charge is 0.345 e. The van der Waals surface area contributed by atoms with Crippen molar-refractivity contribution < 1.29 is 24.0 Å². The van der Waals surface area contributed by atoms with Gasteiger partial charge in [-0.1, -0.05) is 15.9 Å². The number of hydrogen-bond donors (Lipinski definition) is 0. The lowest BCUT2D eigenvalue weighted by atomic mass is 10.1. The summed E-state index contributed by atoms with van der Waals surface area (Å²) in [6, 6.07) is 2.36. The highest BCUT2D eigenvalue weighted by atomic mass is 79.9. The van der Waals surface area contributed by atoms with Crippen LogP contribution in [0, 0.1) is 10.1 Å². The van der Waals surface area contributed by atoms with Crippen molar-refractivity contribution in [1.82, 2.24) is 0 Å². The fraction of sp³-hybridized carbons (Fsp3) is 0.200. The Labute approximate surface area is 110 Å². The highest BCUT2D eigenvalue weighted by molar-refractivity contribution is 9.10. The molecule has 0 atom stereocenters. The topological polar surface area (TPSA) is 95.7 Å². The summed E-state index contributed by atoms with van der Waals surface area (Å²) in [6.07, 6.45) is 0. The van der Waals surface area contributed by atoms with Crippen LogP contribution in [0.5, 0.6) is 0 Å². The number of nitro benzene ring substituents is 1. The predicted molar refractivity (Wildman–Crippen MR) is 63.5 cm³/mol. The molecule has 0 heterocycles. The minimum atomic E-state index is -0.977. The maximum absolute atomic E-state index is 11.5. The molecule has 0 spiro atoms. The number of carbonyl (C=O) groups is 2. The fourth-order valence-corrected chi connectivity index (χ4v) is 1.77. The Bertz CT molecular complexity index is 527. The van der Waals surface area contributed by atoms with Gasteiger partial charge in [-0.3, -0.25) is 10.1 Å². The van der Waals surface area contributed by atoms with Gasteiger partial charge in [0, 0.05) is 10.5 Å². The van der Waals surface area contributed by atoms with Gasteiger partial charge >= 0.3 is 11.9 Å². The van der Waals surface area contributed by atoms with E-state index in [4.69, 9.17) is 0 Å². The van der Waals surface area contributed by atoms with Crippen LogP contribution in [0.2, 0.25) is 0 Å². The maximum atomic E-state index is 11.5. The summed E-state index contributed by atoms with van der Waals surface area (Å²) in [5, 5.41) is 10.9. The van der Waals surface area contributed by atoms with Gasteiger partial charge < -0.3 is 9.47 Å². The van der Waals surface area contributed by atoms with E-state index in [2.05, 4.69) is 25.4 Å². The number of esters is 2. The van der Waals surface area contributed by atoms with Crippen molar-refractivity contribution in [3.8, 4) is 0 Å². The molecule has 96 valence electrons. The second-order valence-corrected chi connectivity index (χ2v) is 4.00. The Kier molecular flexibility index (Phi) is 4.38. The normalized spacial score (nSPS) is 9.72. The van der Waals surface area contributed by atoms with E-state index in [1.54, 1.807) is 0 Å². The summed E-state index contributed by atoms with van der Waals surface area (Å²) in [5.74, 6) is -1.84. The van der Waals surface area contributed by atoms with Crippen LogP contribution in [0.15, 0.2) is 16.6 Å². The number of benzene rings is 1. The quantitative estimate of drug-likeness (QED) is 0.480. The van der Waals surface area contributed by atoms with Crippen LogP contribution in [0.1, 0.15) is 20.7 Å². The van der Waals surface area contributed by atoms with E-state index in [-0.39, 0.29) is 10.0 Å². The van der Waals surface area contributed by atoms with Gasteiger partial charge in [-0.25, -0.2) is 9.59 Å². The molecule has 7 nitrogen and oxygen atoms in total. The molecule has 0 fully saturated rings. The number of methoxy groups -OCH3 is 2. The molecule has 0 bridgehead atoms. The van der Waals surface area contributed by atoms with E-state index in [9.17, 15) is 19.7 Å². The van der Waals surface area contributed by atoms with Gasteiger partial charge in [-0.05, 0) is 6.07 Å². The van der Waals surface area contributed by atoms with Gasteiger partial charge in [-0.15, -0.1) is 0 Å². The Balaban J connectivity index is 3.63. The van der Waals surface area contributed by atoms with E-state index in [1.165, 1.54) is 6.07 Å². The van der Waals surface area contributed by atoms with Crippen molar-refractivity contribution in [2.24, 2.45) is 0 Å². The number of ether oxygens (including phenoxy) is 2. The van der Waals surface area contributed by atoms with E-state index in [0.717, 1.165) is 20.3 Å². The van der Waals surface area contributed by atoms with Crippen molar-refractivity contribution in [2.75, 3.05) is 14.2 Å². The third kappa shape index (κ3) is 2.65. The molecule has 0 saturated carbocycles. The van der Waals surface area contributed by atoms with Crippen molar-refractivity contribution in [1.29, 1.82) is 0 Å². The van der Waals surface area contributed by atoms with Gasteiger partial charge in [0.25, 0.3) is 5.69 Å². The highest BCUT2D eigenvalue weighted by Gasteiger charge is 2.29. The number of nitrogens with zero attached hydrogens (tertiary/aromatic N) is 1. The summed E-state index contributed by atoms with van der Waals surface area (Å²) in [6.45, 7) is 0. The molecular formula is C10H8BrNO6. The molecule has 0 aliphatic rings. The second kappa shape index (κ2) is 5.58. The van der Waals surface area contributed by atoms with Crippen LogP contribution in [0.3, 0.4) is 0 Å². The minimum Gasteiger partial charge on any atom is -0.465 e. The molecule has 0 N–H and O–H groups in total. The number of hydrogen-bond acceptors (Lipinski definition) is 6. The van der Waals surface area contributed by atoms with Crippen LogP contribution in [-0.4, -0.2) is 31.1 Å². The lowest BCUT2D eigenvalue weighted by molar-refractivity contribution is -0.385. The molecule has 1 aromatic rings. The molecule has 0 aromatic heterocycles. The molecule has 1 aromatic carbocycles. The first-order valence-electron chi connectivity index (χ1n) is 4.57. The van der Waals surface area contributed by atoms with Gasteiger partial charge in [0.2, 0.25) is 0 Å². The summed E-state index contributed by atoms with van der Waals surface area (Å²) in [5.41, 5.74) is -1.19. The van der Waals surface area contributed by atoms with Gasteiger partial charge in [0.1, 0.15) is 0 Å². The van der Waals surface area contributed by atoms with Crippen molar-refractivity contribution >= 4 is 33.6 Å². The van der Waals surface area contributed by atoms with Gasteiger partial charge in [-0.2, -0.15) is 0 Å². The van der Waals surface area contributed by atoms with Crippen molar-refractivity contribution in [3.05, 3.63) is 37.8 Å². The first-order valence-corrected chi connectivity index (χ1v) is 5.36. The lowest BCUT2D eigenvalue weighted by Gasteiger charge is -2.07. The molecule has 0 saturated heterocycles. The van der Waals surface area contributed by atoms with Crippen LogP contribution in [0.4, 0.5) is 5.69 Å². The zero-order valence-electron chi connectivity index (χ0n) is 9.43. The zero-order valence-corrected chi connectivity index (χ0v) is 11.0. The summed E-state index contributed by atoms with van der Waals surface area (Å²) >= 11 is 3.02. The lowest BCUT2D eigenvalue weighted by Crippen LogP contribution is -2.14. The maximum Gasteiger partial charge on any atom is 0.345 e. The third-order valence-corrected chi connectivity index (χ3v) is 2.53. The summed E-state index contributed by atoms with van der Waals surface area (Å²) < 4.78 is 9.19. The van der Waals surface area contributed by atoms with Crippen molar-refractivity contribution in [2.45, 2.75) is 0 Å². The molecular weight excluding hydrogens is 310 g/mol. The van der Waals surface area contributed by atoms with E-state index < -0.39 is 28.1 Å². The molecule has 0 aliphatic carbocycles. The average Bonchev–Trinajstić information content (AvgIpc) is 2.35. The summed E-state index contributed by atoms with van der Waals surface area (Å²) in [7, 11) is 2.17. The molecule has 18 heavy (non-hydrogen) atoms. The zero-order chi connectivity index (χ0) is 13.9. The molecule has 0 radical (unpaired) electrons. The molecule has 1 rings (SSSR count). The molecule has 0 unspecified atom stereocenters. The Morgan fingerprint density at radius 1 is 1.22 bits per heavy atom. The third-order valence-electron chi connectivity index (χ3n) is 2.07. The fourth-order valence-electron chi connectivity index (χ4n) is 1.32. The van der Waals surface area contributed by atoms with E-state index >= 15 is 0 Å². The Hall–Kier alpha value is -1.96. The standard InChI is InChI=1S/C10H8BrNO6/c1-17-9(13)6-3-5(11)4-7(12(15)16)8(6)10(14)18-2/h3-4H,1-2H3. The molecule has 0 amide bonds. The number of carbonyl (C=O) groups excluding carboxylic acids is 2. The first-order chi connectivity index (χ1) is 8.42. The van der Waals surface area contributed by atoms with Crippen LogP contribution < -0.4 is 0 Å². The summed E-state index contributed by atoms with van der Waals surface area (Å²) in [4.78, 5) is 33.2. The van der Waals surface area contributed by atoms with Crippen LogP contribution >= 0.6 is 15.9 Å². The number of halogens is 1. The van der Waals surface area contributed by atoms with Gasteiger partial charge in [0.15, 0.2) is 5.56 Å². The predicted octanol–water partition coefficient (Wildman–Crippen LogP) is 1.93. The Morgan fingerprint density at radius 2 is 1.78 bits per heavy atom. The number of nitro groups is 1. The van der Waals surface area contributed by atoms with Crippen LogP contribution in [0.25, 0.3) is 0 Å². The Morgan fingerprint density at radius 3 is 2.22 bits per heavy atom. The van der Waals surface area contributed by atoms with Crippen molar-refractivity contribution in [3.63, 3.8) is 0 Å². The average molecular weight is 318 g/mol. The number of rotatable bonds is 3. The molecule has 8 heteroatoms. The minimum absolute atomic E-state index is 0.231. The van der Waals surface area contributed by atoms with E-state index in [0.29, 0.717) is 0 Å². The van der Waals surface area contributed by atoms with E-state index in [1.807, 2.05) is 0 Å². The monoisotopic (exact) mass is 317 g/mol. The SMILES string of the molecule is COC(=O)c1cc(Br)cc([N+](=O)[O-])c1C(=O)OC. The highest BCUT2D eigenvalue weighted by Crippen LogP contribution is 2.28. The van der Waals surface area contributed by atoms with Gasteiger partial charge in [0.05, 0.1) is 24.7 Å². The molecule has 0 aliphatic heterocycles. The first kappa shape index (κ1) is 14.1. The second-order valence-electron chi connectivity index (χ2n) is 3.09. The van der Waals surface area contributed by atoms with Crippen LogP contribution in [-0.2, 0) is 9.47 Å².